The van der Waals surface area contributed by atoms with E-state index in [9.17, 15) is 0 Å². The zero-order chi connectivity index (χ0) is 13.1. The first-order valence-corrected chi connectivity index (χ1v) is 6.58. The highest BCUT2D eigenvalue weighted by molar-refractivity contribution is 5.44. The maximum Gasteiger partial charge on any atom is 0.153 e. The van der Waals surface area contributed by atoms with Crippen molar-refractivity contribution in [2.75, 3.05) is 19.0 Å². The predicted octanol–water partition coefficient (Wildman–Crippen LogP) is 2.10. The quantitative estimate of drug-likeness (QED) is 0.862. The summed E-state index contributed by atoms with van der Waals surface area (Å²) in [6, 6.07) is 6.28. The SMILES string of the molecule is COCC(Nc1ccc(-n2cccn2)nc1)C1CC1. The molecule has 3 rings (SSSR count). The average molecular weight is 258 g/mol. The van der Waals surface area contributed by atoms with E-state index in [0.29, 0.717) is 6.04 Å². The fraction of sp³-hybridized carbons (Fsp3) is 0.429. The monoisotopic (exact) mass is 258 g/mol. The molecule has 19 heavy (non-hydrogen) atoms. The fourth-order valence-corrected chi connectivity index (χ4v) is 2.20. The van der Waals surface area contributed by atoms with Crippen molar-refractivity contribution in [3.63, 3.8) is 0 Å². The molecule has 2 aromatic heterocycles. The number of ether oxygens (including phenoxy) is 1. The molecule has 0 spiro atoms. The molecule has 0 aliphatic heterocycles. The van der Waals surface area contributed by atoms with Crippen LogP contribution in [-0.2, 0) is 4.74 Å². The highest BCUT2D eigenvalue weighted by atomic mass is 16.5. The summed E-state index contributed by atoms with van der Waals surface area (Å²) in [4.78, 5) is 4.41. The molecule has 1 aliphatic rings. The number of hydrogen-bond donors (Lipinski definition) is 1. The Morgan fingerprint density at radius 2 is 2.37 bits per heavy atom. The van der Waals surface area contributed by atoms with E-state index in [0.717, 1.165) is 24.0 Å². The van der Waals surface area contributed by atoms with Crippen LogP contribution in [0.15, 0.2) is 36.8 Å². The lowest BCUT2D eigenvalue weighted by molar-refractivity contribution is 0.179. The van der Waals surface area contributed by atoms with Gasteiger partial charge < -0.3 is 10.1 Å². The summed E-state index contributed by atoms with van der Waals surface area (Å²) < 4.78 is 7.01. The van der Waals surface area contributed by atoms with E-state index in [1.807, 2.05) is 30.6 Å². The Morgan fingerprint density at radius 3 is 2.95 bits per heavy atom. The first kappa shape index (κ1) is 12.2. The van der Waals surface area contributed by atoms with Crippen LogP contribution in [0.3, 0.4) is 0 Å². The molecular formula is C14H18N4O. The van der Waals surface area contributed by atoms with Crippen LogP contribution >= 0.6 is 0 Å². The summed E-state index contributed by atoms with van der Waals surface area (Å²) >= 11 is 0. The third kappa shape index (κ3) is 2.93. The molecule has 0 amide bonds. The van der Waals surface area contributed by atoms with Crippen LogP contribution in [-0.4, -0.2) is 34.5 Å². The van der Waals surface area contributed by atoms with Crippen LogP contribution < -0.4 is 5.32 Å². The molecule has 2 aromatic rings. The molecule has 0 saturated heterocycles. The first-order valence-electron chi connectivity index (χ1n) is 6.58. The van der Waals surface area contributed by atoms with Gasteiger partial charge in [-0.3, -0.25) is 0 Å². The minimum Gasteiger partial charge on any atom is -0.383 e. The molecule has 0 radical (unpaired) electrons. The van der Waals surface area contributed by atoms with Gasteiger partial charge in [-0.15, -0.1) is 0 Å². The van der Waals surface area contributed by atoms with Crippen molar-refractivity contribution >= 4 is 5.69 Å². The van der Waals surface area contributed by atoms with Crippen LogP contribution in [0.2, 0.25) is 0 Å². The van der Waals surface area contributed by atoms with Gasteiger partial charge in [0.25, 0.3) is 0 Å². The Kier molecular flexibility index (Phi) is 3.46. The van der Waals surface area contributed by atoms with Crippen LogP contribution in [0.5, 0.6) is 0 Å². The van der Waals surface area contributed by atoms with E-state index in [1.54, 1.807) is 18.0 Å². The Labute approximate surface area is 112 Å². The van der Waals surface area contributed by atoms with Crippen molar-refractivity contribution < 1.29 is 4.74 Å². The molecule has 1 atom stereocenters. The van der Waals surface area contributed by atoms with E-state index in [-0.39, 0.29) is 0 Å². The van der Waals surface area contributed by atoms with Gasteiger partial charge in [0.2, 0.25) is 0 Å². The summed E-state index contributed by atoms with van der Waals surface area (Å²) in [6.07, 6.45) is 8.06. The van der Waals surface area contributed by atoms with Crippen molar-refractivity contribution in [3.05, 3.63) is 36.8 Å². The van der Waals surface area contributed by atoms with Crippen molar-refractivity contribution in [2.24, 2.45) is 5.92 Å². The van der Waals surface area contributed by atoms with E-state index in [1.165, 1.54) is 12.8 Å². The van der Waals surface area contributed by atoms with Crippen molar-refractivity contribution in [1.82, 2.24) is 14.8 Å². The van der Waals surface area contributed by atoms with Gasteiger partial charge in [-0.1, -0.05) is 0 Å². The topological polar surface area (TPSA) is 52.0 Å². The Morgan fingerprint density at radius 1 is 1.47 bits per heavy atom. The summed E-state index contributed by atoms with van der Waals surface area (Å²) in [7, 11) is 1.75. The Hall–Kier alpha value is -1.88. The maximum atomic E-state index is 5.26. The number of nitrogens with zero attached hydrogens (tertiary/aromatic N) is 3. The zero-order valence-electron chi connectivity index (χ0n) is 11.0. The lowest BCUT2D eigenvalue weighted by Gasteiger charge is -2.18. The summed E-state index contributed by atoms with van der Waals surface area (Å²) in [5, 5.41) is 7.66. The third-order valence-electron chi connectivity index (χ3n) is 3.38. The van der Waals surface area contributed by atoms with Gasteiger partial charge in [-0.25, -0.2) is 9.67 Å². The normalized spacial score (nSPS) is 16.3. The largest absolute Gasteiger partial charge is 0.383 e. The molecule has 0 bridgehead atoms. The van der Waals surface area contributed by atoms with Gasteiger partial charge in [0.1, 0.15) is 0 Å². The van der Waals surface area contributed by atoms with E-state index in [2.05, 4.69) is 15.4 Å². The molecular weight excluding hydrogens is 240 g/mol. The number of rotatable bonds is 6. The smallest absolute Gasteiger partial charge is 0.153 e. The van der Waals surface area contributed by atoms with Gasteiger partial charge in [0.05, 0.1) is 24.5 Å². The Balaban J connectivity index is 1.68. The minimum absolute atomic E-state index is 0.391. The minimum atomic E-state index is 0.391. The lowest BCUT2D eigenvalue weighted by atomic mass is 10.2. The number of nitrogens with one attached hydrogen (secondary N) is 1. The third-order valence-corrected chi connectivity index (χ3v) is 3.38. The molecule has 1 saturated carbocycles. The molecule has 0 aromatic carbocycles. The second kappa shape index (κ2) is 5.40. The highest BCUT2D eigenvalue weighted by Gasteiger charge is 2.31. The molecule has 5 heteroatoms. The van der Waals surface area contributed by atoms with Crippen molar-refractivity contribution in [1.29, 1.82) is 0 Å². The lowest BCUT2D eigenvalue weighted by Crippen LogP contribution is -2.27. The van der Waals surface area contributed by atoms with Crippen molar-refractivity contribution in [3.8, 4) is 5.82 Å². The zero-order valence-corrected chi connectivity index (χ0v) is 11.0. The Bertz CT molecular complexity index is 505. The van der Waals surface area contributed by atoms with Gasteiger partial charge in [0.15, 0.2) is 5.82 Å². The van der Waals surface area contributed by atoms with E-state index >= 15 is 0 Å². The van der Waals surface area contributed by atoms with Crippen LogP contribution in [0.1, 0.15) is 12.8 Å². The number of anilines is 1. The first-order chi connectivity index (χ1) is 9.36. The van der Waals surface area contributed by atoms with Gasteiger partial charge in [-0.2, -0.15) is 5.10 Å². The number of methoxy groups -OCH3 is 1. The molecule has 1 unspecified atom stereocenters. The summed E-state index contributed by atoms with van der Waals surface area (Å²) in [6.45, 7) is 0.742. The fourth-order valence-electron chi connectivity index (χ4n) is 2.20. The van der Waals surface area contributed by atoms with Crippen LogP contribution in [0.4, 0.5) is 5.69 Å². The molecule has 5 nitrogen and oxygen atoms in total. The summed E-state index contributed by atoms with van der Waals surface area (Å²) in [5.41, 5.74) is 1.03. The standard InChI is InChI=1S/C14H18N4O/c1-19-10-13(11-3-4-11)17-12-5-6-14(15-9-12)18-8-2-7-16-18/h2,5-9,11,13,17H,3-4,10H2,1H3. The number of pyridine rings is 1. The molecule has 1 aliphatic carbocycles. The molecule has 100 valence electrons. The van der Waals surface area contributed by atoms with Crippen LogP contribution in [0.25, 0.3) is 5.82 Å². The predicted molar refractivity (Wildman–Crippen MR) is 73.4 cm³/mol. The molecule has 1 fully saturated rings. The van der Waals surface area contributed by atoms with Gasteiger partial charge in [0, 0.05) is 19.5 Å². The number of hydrogen-bond acceptors (Lipinski definition) is 4. The molecule has 2 heterocycles. The van der Waals surface area contributed by atoms with E-state index in [4.69, 9.17) is 4.74 Å². The maximum absolute atomic E-state index is 5.26. The van der Waals surface area contributed by atoms with Gasteiger partial charge in [-0.05, 0) is 37.0 Å². The summed E-state index contributed by atoms with van der Waals surface area (Å²) in [5.74, 6) is 1.57. The van der Waals surface area contributed by atoms with E-state index < -0.39 is 0 Å². The van der Waals surface area contributed by atoms with Crippen LogP contribution in [0, 0.1) is 5.92 Å². The molecule has 1 N–H and O–H groups in total. The van der Waals surface area contributed by atoms with Gasteiger partial charge >= 0.3 is 0 Å². The second-order valence-electron chi connectivity index (χ2n) is 4.90. The number of aromatic nitrogens is 3. The average Bonchev–Trinajstić information content (AvgIpc) is 3.14. The highest BCUT2D eigenvalue weighted by Crippen LogP contribution is 2.34. The second-order valence-corrected chi connectivity index (χ2v) is 4.90. The van der Waals surface area contributed by atoms with Crippen molar-refractivity contribution in [2.45, 2.75) is 18.9 Å².